The largest absolute Gasteiger partial charge is 0.458 e. The number of aliphatic hydroxyl groups is 3. The van der Waals surface area contributed by atoms with Gasteiger partial charge in [-0.05, 0) is 86.0 Å². The van der Waals surface area contributed by atoms with Gasteiger partial charge in [-0.1, -0.05) is 13.8 Å². The summed E-state index contributed by atoms with van der Waals surface area (Å²) in [4.78, 5) is 11.6. The maximum Gasteiger partial charge on any atom is 0.331 e. The third-order valence-electron chi connectivity index (χ3n) is 9.89. The van der Waals surface area contributed by atoms with Crippen LogP contribution in [0, 0.1) is 34.5 Å². The van der Waals surface area contributed by atoms with Crippen LogP contribution in [0.15, 0.2) is 11.6 Å². The van der Waals surface area contributed by atoms with E-state index in [1.807, 2.05) is 0 Å². The molecule has 0 aromatic heterocycles. The highest BCUT2D eigenvalue weighted by Crippen LogP contribution is 2.69. The Bertz CT molecular complexity index is 718. The Labute approximate surface area is 167 Å². The Morgan fingerprint density at radius 3 is 2.61 bits per heavy atom. The van der Waals surface area contributed by atoms with E-state index in [9.17, 15) is 20.1 Å². The summed E-state index contributed by atoms with van der Waals surface area (Å²) in [5.41, 5.74) is -0.250. The monoisotopic (exact) mass is 390 g/mol. The van der Waals surface area contributed by atoms with Crippen molar-refractivity contribution < 1.29 is 24.9 Å². The maximum atomic E-state index is 12.1. The van der Waals surface area contributed by atoms with Gasteiger partial charge in [-0.3, -0.25) is 0 Å². The predicted octanol–water partition coefficient (Wildman–Crippen LogP) is 2.58. The number of carbonyl (C=O) groups excluding carboxylic acids is 1. The molecular weight excluding hydrogens is 356 g/mol. The Kier molecular flexibility index (Phi) is 4.12. The van der Waals surface area contributed by atoms with E-state index >= 15 is 0 Å². The fourth-order valence-electron chi connectivity index (χ4n) is 8.49. The molecule has 4 aliphatic carbocycles. The molecule has 1 aliphatic heterocycles. The summed E-state index contributed by atoms with van der Waals surface area (Å²) in [6.45, 7) is 4.76. The third kappa shape index (κ3) is 2.33. The number of hydrogen-bond donors (Lipinski definition) is 3. The third-order valence-corrected chi connectivity index (χ3v) is 9.89. The normalized spacial score (nSPS) is 55.8. The van der Waals surface area contributed by atoms with Crippen LogP contribution in [0.5, 0.6) is 0 Å². The lowest BCUT2D eigenvalue weighted by atomic mass is 9.42. The zero-order chi connectivity index (χ0) is 19.9. The van der Waals surface area contributed by atoms with Crippen molar-refractivity contribution in [2.24, 2.45) is 34.5 Å². The van der Waals surface area contributed by atoms with E-state index < -0.39 is 17.1 Å². The van der Waals surface area contributed by atoms with E-state index in [1.54, 1.807) is 6.08 Å². The van der Waals surface area contributed by atoms with Gasteiger partial charge in [-0.15, -0.1) is 0 Å². The van der Waals surface area contributed by atoms with Gasteiger partial charge in [0.05, 0.1) is 17.8 Å². The highest BCUT2D eigenvalue weighted by Gasteiger charge is 2.69. The first kappa shape index (κ1) is 19.1. The van der Waals surface area contributed by atoms with Gasteiger partial charge in [0.1, 0.15) is 6.61 Å². The number of hydrogen-bond acceptors (Lipinski definition) is 5. The molecule has 0 saturated heterocycles. The standard InChI is InChI=1S/C23H34O5/c1-21-7-5-15(24)10-14(21)3-4-17-20(21)18(25)11-22(2)16(6-8-23(17,22)27)13-9-19(26)28-12-13/h9,14-18,20,24-25,27H,3-8,10-12H2,1-2H3/t14-,15+,16+,17+,18+,20+,21-,22+,23+/m0/s1. The van der Waals surface area contributed by atoms with E-state index in [4.69, 9.17) is 4.74 Å². The summed E-state index contributed by atoms with van der Waals surface area (Å²) < 4.78 is 5.17. The fraction of sp³-hybridized carbons (Fsp3) is 0.870. The summed E-state index contributed by atoms with van der Waals surface area (Å²) >= 11 is 0. The molecule has 0 amide bonds. The summed E-state index contributed by atoms with van der Waals surface area (Å²) in [5, 5.41) is 33.7. The predicted molar refractivity (Wildman–Crippen MR) is 103 cm³/mol. The van der Waals surface area contributed by atoms with Crippen LogP contribution < -0.4 is 0 Å². The zero-order valence-corrected chi connectivity index (χ0v) is 17.1. The van der Waals surface area contributed by atoms with Crippen LogP contribution in [0.1, 0.15) is 65.2 Å². The first-order valence-corrected chi connectivity index (χ1v) is 11.1. The van der Waals surface area contributed by atoms with Gasteiger partial charge in [-0.25, -0.2) is 4.79 Å². The molecule has 9 atom stereocenters. The molecule has 4 saturated carbocycles. The summed E-state index contributed by atoms with van der Waals surface area (Å²) in [6.07, 6.45) is 7.61. The fourth-order valence-corrected chi connectivity index (χ4v) is 8.49. The molecule has 1 heterocycles. The Morgan fingerprint density at radius 2 is 1.89 bits per heavy atom. The molecule has 0 aromatic rings. The average molecular weight is 391 g/mol. The van der Waals surface area contributed by atoms with Gasteiger partial charge in [0.25, 0.3) is 0 Å². The number of esters is 1. The lowest BCUT2D eigenvalue weighted by Gasteiger charge is -2.65. The number of aliphatic hydroxyl groups excluding tert-OH is 2. The molecule has 5 nitrogen and oxygen atoms in total. The van der Waals surface area contributed by atoms with Gasteiger partial charge in [-0.2, -0.15) is 0 Å². The molecule has 0 bridgehead atoms. The second kappa shape index (κ2) is 6.05. The van der Waals surface area contributed by atoms with Crippen molar-refractivity contribution in [3.63, 3.8) is 0 Å². The van der Waals surface area contributed by atoms with Gasteiger partial charge < -0.3 is 20.1 Å². The highest BCUT2D eigenvalue weighted by atomic mass is 16.5. The zero-order valence-electron chi connectivity index (χ0n) is 17.1. The number of rotatable bonds is 1. The number of fused-ring (bicyclic) bond motifs is 5. The Hall–Kier alpha value is -0.910. The van der Waals surface area contributed by atoms with Crippen molar-refractivity contribution in [3.8, 4) is 0 Å². The molecule has 5 aliphatic rings. The van der Waals surface area contributed by atoms with Crippen LogP contribution in [0.3, 0.4) is 0 Å². The molecule has 156 valence electrons. The topological polar surface area (TPSA) is 87.0 Å². The highest BCUT2D eigenvalue weighted by molar-refractivity contribution is 5.85. The SMILES string of the molecule is C[C@]12CC[C@@H](O)C[C@@H]1CC[C@@H]1[C@@H]2[C@H](O)C[C@]2(C)[C@@H](C3=CC(=O)OC3)CC[C@@]12O. The minimum Gasteiger partial charge on any atom is -0.458 e. The molecule has 0 unspecified atom stereocenters. The molecule has 3 N–H and O–H groups in total. The van der Waals surface area contributed by atoms with Crippen molar-refractivity contribution in [1.82, 2.24) is 0 Å². The van der Waals surface area contributed by atoms with Gasteiger partial charge in [0.2, 0.25) is 0 Å². The second-order valence-corrected chi connectivity index (χ2v) is 10.9. The van der Waals surface area contributed by atoms with Crippen LogP contribution in [-0.4, -0.2) is 45.7 Å². The molecule has 28 heavy (non-hydrogen) atoms. The number of carbonyl (C=O) groups is 1. The molecule has 5 heteroatoms. The average Bonchev–Trinajstić information content (AvgIpc) is 3.16. The Morgan fingerprint density at radius 1 is 1.11 bits per heavy atom. The van der Waals surface area contributed by atoms with E-state index in [1.165, 1.54) is 0 Å². The molecule has 0 spiro atoms. The minimum absolute atomic E-state index is 0.0115. The summed E-state index contributed by atoms with van der Waals surface area (Å²) in [5.74, 6) is 0.420. The van der Waals surface area contributed by atoms with Crippen molar-refractivity contribution in [2.45, 2.75) is 83.0 Å². The lowest BCUT2D eigenvalue weighted by Crippen LogP contribution is -2.66. The molecular formula is C23H34O5. The van der Waals surface area contributed by atoms with Crippen molar-refractivity contribution in [2.75, 3.05) is 6.61 Å². The van der Waals surface area contributed by atoms with Crippen LogP contribution in [-0.2, 0) is 9.53 Å². The van der Waals surface area contributed by atoms with Crippen LogP contribution in [0.4, 0.5) is 0 Å². The molecule has 0 aromatic carbocycles. The molecule has 4 fully saturated rings. The number of cyclic esters (lactones) is 1. The van der Waals surface area contributed by atoms with Crippen LogP contribution in [0.25, 0.3) is 0 Å². The van der Waals surface area contributed by atoms with E-state index in [0.717, 1.165) is 50.5 Å². The maximum absolute atomic E-state index is 12.1. The summed E-state index contributed by atoms with van der Waals surface area (Å²) in [6, 6.07) is 0. The van der Waals surface area contributed by atoms with Gasteiger partial charge >= 0.3 is 5.97 Å². The lowest BCUT2D eigenvalue weighted by molar-refractivity contribution is -0.242. The Balaban J connectivity index is 1.51. The van der Waals surface area contributed by atoms with E-state index in [2.05, 4.69) is 13.8 Å². The van der Waals surface area contributed by atoms with E-state index in [0.29, 0.717) is 18.9 Å². The van der Waals surface area contributed by atoms with Crippen molar-refractivity contribution in [3.05, 3.63) is 11.6 Å². The second-order valence-electron chi connectivity index (χ2n) is 10.9. The minimum atomic E-state index is -0.807. The number of ether oxygens (including phenoxy) is 1. The van der Waals surface area contributed by atoms with Crippen molar-refractivity contribution in [1.29, 1.82) is 0 Å². The van der Waals surface area contributed by atoms with Gasteiger partial charge in [0.15, 0.2) is 0 Å². The van der Waals surface area contributed by atoms with Gasteiger partial charge in [0, 0.05) is 11.5 Å². The quantitative estimate of drug-likeness (QED) is 0.599. The first-order valence-electron chi connectivity index (χ1n) is 11.1. The smallest absolute Gasteiger partial charge is 0.331 e. The van der Waals surface area contributed by atoms with E-state index in [-0.39, 0.29) is 35.2 Å². The molecule has 0 radical (unpaired) electrons. The van der Waals surface area contributed by atoms with Crippen molar-refractivity contribution >= 4 is 5.97 Å². The van der Waals surface area contributed by atoms with Crippen LogP contribution >= 0.6 is 0 Å². The first-order chi connectivity index (χ1) is 13.2. The van der Waals surface area contributed by atoms with Crippen LogP contribution in [0.2, 0.25) is 0 Å². The molecule has 5 rings (SSSR count). The summed E-state index contributed by atoms with van der Waals surface area (Å²) in [7, 11) is 0.